The van der Waals surface area contributed by atoms with Crippen LogP contribution < -0.4 is 5.32 Å². The number of hydrogen-bond acceptors (Lipinski definition) is 13. The Balaban J connectivity index is 1.83. The van der Waals surface area contributed by atoms with Crippen LogP contribution in [0.4, 0.5) is 0 Å². The normalized spacial score (nSPS) is 26.4. The van der Waals surface area contributed by atoms with Crippen molar-refractivity contribution in [2.75, 3.05) is 19.8 Å². The van der Waals surface area contributed by atoms with Gasteiger partial charge in [0.05, 0.1) is 32.0 Å². The molecule has 2 rings (SSSR count). The predicted molar refractivity (Wildman–Crippen MR) is 277 cm³/mol. The fourth-order valence-electron chi connectivity index (χ4n) is 8.73. The lowest BCUT2D eigenvalue weighted by atomic mass is 9.97. The predicted octanol–water partition coefficient (Wildman–Crippen LogP) is 8.22. The van der Waals surface area contributed by atoms with Gasteiger partial charge >= 0.3 is 0 Å². The van der Waals surface area contributed by atoms with E-state index in [4.69, 9.17) is 18.9 Å². The fraction of sp³-hybridized carbons (Fsp3) is 0.804. The number of carbonyl (C=O) groups excluding carboxylic acids is 1. The molecule has 0 spiro atoms. The average molecular weight is 994 g/mol. The molecule has 9 N–H and O–H groups in total. The summed E-state index contributed by atoms with van der Waals surface area (Å²) in [5, 5.41) is 86.9. The maximum Gasteiger partial charge on any atom is 0.220 e. The average Bonchev–Trinajstić information content (AvgIpc) is 3.36. The van der Waals surface area contributed by atoms with Crippen molar-refractivity contribution in [1.29, 1.82) is 0 Å². The van der Waals surface area contributed by atoms with Crippen LogP contribution in [0.3, 0.4) is 0 Å². The van der Waals surface area contributed by atoms with Crippen molar-refractivity contribution < 1.29 is 64.6 Å². The molecule has 0 aromatic carbocycles. The third kappa shape index (κ3) is 28.2. The lowest BCUT2D eigenvalue weighted by Gasteiger charge is -2.46. The third-order valence-electron chi connectivity index (χ3n) is 13.2. The van der Waals surface area contributed by atoms with Gasteiger partial charge in [-0.3, -0.25) is 4.79 Å². The van der Waals surface area contributed by atoms with Crippen molar-refractivity contribution in [1.82, 2.24) is 5.32 Å². The zero-order valence-corrected chi connectivity index (χ0v) is 43.2. The van der Waals surface area contributed by atoms with Crippen LogP contribution in [-0.2, 0) is 23.7 Å². The second-order valence-electron chi connectivity index (χ2n) is 19.3. The summed E-state index contributed by atoms with van der Waals surface area (Å²) in [6.07, 6.45) is 35.5. The second-order valence-corrected chi connectivity index (χ2v) is 19.3. The molecule has 406 valence electrons. The van der Waals surface area contributed by atoms with E-state index < -0.39 is 86.8 Å². The number of allylic oxidation sites excluding steroid dienone is 9. The van der Waals surface area contributed by atoms with E-state index in [9.17, 15) is 45.6 Å². The molecule has 0 radical (unpaired) electrons. The Morgan fingerprint density at radius 3 is 1.57 bits per heavy atom. The quantitative estimate of drug-likeness (QED) is 0.0208. The highest BCUT2D eigenvalue weighted by molar-refractivity contribution is 5.76. The van der Waals surface area contributed by atoms with Crippen LogP contribution in [0.15, 0.2) is 60.8 Å². The Labute approximate surface area is 422 Å². The summed E-state index contributed by atoms with van der Waals surface area (Å²) >= 11 is 0. The first kappa shape index (κ1) is 63.8. The molecule has 2 aliphatic heterocycles. The largest absolute Gasteiger partial charge is 0.394 e. The van der Waals surface area contributed by atoms with E-state index in [1.54, 1.807) is 6.08 Å². The molecule has 0 aromatic heterocycles. The monoisotopic (exact) mass is 994 g/mol. The Kier molecular flexibility index (Phi) is 38.4. The minimum atomic E-state index is -1.79. The van der Waals surface area contributed by atoms with Gasteiger partial charge in [0.1, 0.15) is 48.8 Å². The van der Waals surface area contributed by atoms with Crippen LogP contribution in [0.5, 0.6) is 0 Å². The SMILES string of the molecule is CC/C=C\C/C=C\C/C=C\CCCCCCCC(=O)NC(COC1OC(CO)C(OC2OC(CO)C(O)C(O)C2O)C(O)C1O)C(O)/C=C/CC/C=C/CCCCCCCCCCCCCCCCC. The van der Waals surface area contributed by atoms with Crippen LogP contribution in [0, 0.1) is 0 Å². The number of rotatable bonds is 42. The Hall–Kier alpha value is -2.31. The summed E-state index contributed by atoms with van der Waals surface area (Å²) in [6.45, 7) is 2.64. The van der Waals surface area contributed by atoms with E-state index in [0.717, 1.165) is 64.2 Å². The number of unbranched alkanes of at least 4 members (excludes halogenated alkanes) is 21. The number of aliphatic hydroxyl groups is 8. The first-order chi connectivity index (χ1) is 34.1. The second kappa shape index (κ2) is 42.1. The molecule has 2 saturated heterocycles. The van der Waals surface area contributed by atoms with Crippen LogP contribution in [0.2, 0.25) is 0 Å². The highest BCUT2D eigenvalue weighted by Gasteiger charge is 2.51. The number of amides is 1. The summed E-state index contributed by atoms with van der Waals surface area (Å²) in [5.41, 5.74) is 0. The topological polar surface area (TPSA) is 228 Å². The van der Waals surface area contributed by atoms with Gasteiger partial charge < -0.3 is 65.1 Å². The maximum atomic E-state index is 13.2. The van der Waals surface area contributed by atoms with Gasteiger partial charge in [-0.25, -0.2) is 0 Å². The van der Waals surface area contributed by atoms with Crippen LogP contribution in [0.1, 0.15) is 194 Å². The molecule has 70 heavy (non-hydrogen) atoms. The van der Waals surface area contributed by atoms with Crippen molar-refractivity contribution >= 4 is 5.91 Å². The lowest BCUT2D eigenvalue weighted by Crippen LogP contribution is -2.65. The molecule has 12 atom stereocenters. The first-order valence-corrected chi connectivity index (χ1v) is 27.5. The summed E-state index contributed by atoms with van der Waals surface area (Å²) in [6, 6.07) is -0.942. The van der Waals surface area contributed by atoms with Gasteiger partial charge in [-0.1, -0.05) is 184 Å². The van der Waals surface area contributed by atoms with Crippen LogP contribution >= 0.6 is 0 Å². The maximum absolute atomic E-state index is 13.2. The zero-order valence-electron chi connectivity index (χ0n) is 43.2. The molecule has 0 aromatic rings. The smallest absolute Gasteiger partial charge is 0.220 e. The summed E-state index contributed by atoms with van der Waals surface area (Å²) in [4.78, 5) is 13.2. The number of aliphatic hydroxyl groups excluding tert-OH is 8. The van der Waals surface area contributed by atoms with Gasteiger partial charge in [0.2, 0.25) is 5.91 Å². The minimum Gasteiger partial charge on any atom is -0.394 e. The van der Waals surface area contributed by atoms with Crippen molar-refractivity contribution in [3.05, 3.63) is 60.8 Å². The molecule has 2 aliphatic rings. The van der Waals surface area contributed by atoms with E-state index >= 15 is 0 Å². The fourth-order valence-corrected chi connectivity index (χ4v) is 8.73. The van der Waals surface area contributed by atoms with Crippen molar-refractivity contribution in [3.63, 3.8) is 0 Å². The molecule has 2 fully saturated rings. The first-order valence-electron chi connectivity index (χ1n) is 27.5. The van der Waals surface area contributed by atoms with Gasteiger partial charge in [0, 0.05) is 6.42 Å². The van der Waals surface area contributed by atoms with Crippen molar-refractivity contribution in [2.24, 2.45) is 0 Å². The highest BCUT2D eigenvalue weighted by Crippen LogP contribution is 2.30. The standard InChI is InChI=1S/C56H99NO13/c1-3-5-7-9-11-13-15-17-19-20-21-22-23-24-26-27-29-31-33-35-37-39-45(60)44(57-48(61)40-38-36-34-32-30-28-25-18-16-14-12-10-8-6-4-2)43-67-55-53(66)51(64)54(47(42-59)69-55)70-56-52(65)50(63)49(62)46(41-58)68-56/h6,8,12,14,18,25,29,31,37,39,44-47,49-56,58-60,62-66H,3-5,7,9-11,13,15-17,19-24,26-28,30,32-36,38,40-43H2,1-2H3,(H,57,61)/b8-6-,14-12-,25-18-,31-29+,39-37+. The Bertz CT molecular complexity index is 1410. The summed E-state index contributed by atoms with van der Waals surface area (Å²) < 4.78 is 22.7. The molecule has 1 amide bonds. The Morgan fingerprint density at radius 1 is 0.529 bits per heavy atom. The molecule has 14 heteroatoms. The molecule has 0 saturated carbocycles. The van der Waals surface area contributed by atoms with E-state index in [1.165, 1.54) is 96.3 Å². The zero-order chi connectivity index (χ0) is 51.0. The van der Waals surface area contributed by atoms with Crippen LogP contribution in [-0.4, -0.2) is 140 Å². The molecular formula is C56H99NO13. The van der Waals surface area contributed by atoms with Gasteiger partial charge in [-0.05, 0) is 64.2 Å². The minimum absolute atomic E-state index is 0.252. The van der Waals surface area contributed by atoms with Crippen molar-refractivity contribution in [2.45, 2.75) is 267 Å². The highest BCUT2D eigenvalue weighted by atomic mass is 16.7. The number of carbonyl (C=O) groups is 1. The summed E-state index contributed by atoms with van der Waals surface area (Å²) in [5.74, 6) is -0.268. The van der Waals surface area contributed by atoms with E-state index in [0.29, 0.717) is 12.8 Å². The summed E-state index contributed by atoms with van der Waals surface area (Å²) in [7, 11) is 0. The van der Waals surface area contributed by atoms with E-state index in [-0.39, 0.29) is 18.9 Å². The number of ether oxygens (including phenoxy) is 4. The molecule has 0 aliphatic carbocycles. The lowest BCUT2D eigenvalue weighted by molar-refractivity contribution is -0.359. The van der Waals surface area contributed by atoms with E-state index in [2.05, 4.69) is 67.8 Å². The number of nitrogens with one attached hydrogen (secondary N) is 1. The van der Waals surface area contributed by atoms with Crippen LogP contribution in [0.25, 0.3) is 0 Å². The van der Waals surface area contributed by atoms with Gasteiger partial charge in [-0.2, -0.15) is 0 Å². The molecule has 14 nitrogen and oxygen atoms in total. The van der Waals surface area contributed by atoms with Gasteiger partial charge in [-0.15, -0.1) is 0 Å². The molecule has 0 bridgehead atoms. The van der Waals surface area contributed by atoms with Crippen molar-refractivity contribution in [3.8, 4) is 0 Å². The third-order valence-corrected chi connectivity index (χ3v) is 13.2. The Morgan fingerprint density at radius 2 is 1.00 bits per heavy atom. The molecule has 2 heterocycles. The molecule has 12 unspecified atom stereocenters. The number of hydrogen-bond donors (Lipinski definition) is 9. The van der Waals surface area contributed by atoms with E-state index in [1.807, 2.05) is 6.08 Å². The van der Waals surface area contributed by atoms with Gasteiger partial charge in [0.25, 0.3) is 0 Å². The molecular weight excluding hydrogens is 895 g/mol. The van der Waals surface area contributed by atoms with Gasteiger partial charge in [0.15, 0.2) is 12.6 Å².